The molecule has 186 valence electrons. The Hall–Kier alpha value is -3.12. The molecule has 0 saturated carbocycles. The highest BCUT2D eigenvalue weighted by atomic mass is 35.5. The number of ether oxygens (including phenoxy) is 2. The number of hydrogen-bond donors (Lipinski definition) is 3. The second-order valence-corrected chi connectivity index (χ2v) is 10.3. The fourth-order valence-corrected chi connectivity index (χ4v) is 4.73. The number of rotatable bonds is 9. The molecule has 1 aliphatic heterocycles. The highest BCUT2D eigenvalue weighted by molar-refractivity contribution is 7.89. The predicted octanol–water partition coefficient (Wildman–Crippen LogP) is 3.62. The van der Waals surface area contributed by atoms with Gasteiger partial charge in [0.05, 0.1) is 24.7 Å². The van der Waals surface area contributed by atoms with Gasteiger partial charge in [0, 0.05) is 19.2 Å². The first-order valence-electron chi connectivity index (χ1n) is 10.9. The zero-order chi connectivity index (χ0) is 25.0. The molecule has 35 heavy (non-hydrogen) atoms. The summed E-state index contributed by atoms with van der Waals surface area (Å²) in [7, 11) is 1.30. The molecule has 2 aromatic carbocycles. The van der Waals surface area contributed by atoms with E-state index in [2.05, 4.69) is 37.3 Å². The summed E-state index contributed by atoms with van der Waals surface area (Å²) in [5.41, 5.74) is 0.958. The van der Waals surface area contributed by atoms with E-state index in [1.165, 1.54) is 19.3 Å². The molecule has 10 nitrogen and oxygen atoms in total. The molecule has 12 heteroatoms. The number of para-hydroxylation sites is 1. The third-order valence-corrected chi connectivity index (χ3v) is 7.26. The Kier molecular flexibility index (Phi) is 7.60. The van der Waals surface area contributed by atoms with E-state index in [9.17, 15) is 8.42 Å². The maximum absolute atomic E-state index is 12.4. The van der Waals surface area contributed by atoms with Crippen molar-refractivity contribution in [1.29, 1.82) is 0 Å². The lowest BCUT2D eigenvalue weighted by Crippen LogP contribution is -2.21. The summed E-state index contributed by atoms with van der Waals surface area (Å²) in [4.78, 5) is 11.0. The van der Waals surface area contributed by atoms with Crippen molar-refractivity contribution >= 4 is 44.8 Å². The van der Waals surface area contributed by atoms with Gasteiger partial charge in [0.25, 0.3) is 0 Å². The van der Waals surface area contributed by atoms with Crippen LogP contribution in [0.5, 0.6) is 11.5 Å². The molecule has 3 aromatic rings. The van der Waals surface area contributed by atoms with Crippen molar-refractivity contribution in [2.24, 2.45) is 0 Å². The van der Waals surface area contributed by atoms with Crippen LogP contribution in [-0.2, 0) is 10.0 Å². The molecule has 0 amide bonds. The van der Waals surface area contributed by atoms with Gasteiger partial charge in [-0.05, 0) is 44.8 Å². The van der Waals surface area contributed by atoms with Crippen LogP contribution < -0.4 is 24.8 Å². The van der Waals surface area contributed by atoms with Gasteiger partial charge in [-0.1, -0.05) is 23.7 Å². The van der Waals surface area contributed by atoms with E-state index in [0.717, 1.165) is 25.3 Å². The molecule has 1 atom stereocenters. The van der Waals surface area contributed by atoms with Gasteiger partial charge in [-0.25, -0.2) is 18.1 Å². The monoisotopic (exact) mass is 518 g/mol. The van der Waals surface area contributed by atoms with Crippen molar-refractivity contribution in [1.82, 2.24) is 19.6 Å². The second kappa shape index (κ2) is 10.6. The van der Waals surface area contributed by atoms with Crippen LogP contribution in [0.1, 0.15) is 6.42 Å². The number of likely N-dealkylation sites (tertiary alicyclic amines) is 1. The van der Waals surface area contributed by atoms with Gasteiger partial charge in [-0.2, -0.15) is 4.98 Å². The number of hydrogen-bond acceptors (Lipinski definition) is 9. The van der Waals surface area contributed by atoms with Gasteiger partial charge in [-0.15, -0.1) is 0 Å². The maximum atomic E-state index is 12.4. The molecule has 1 aromatic heterocycles. The first-order valence-corrected chi connectivity index (χ1v) is 12.8. The minimum absolute atomic E-state index is 0.0670. The van der Waals surface area contributed by atoms with Crippen LogP contribution in [0.2, 0.25) is 5.02 Å². The van der Waals surface area contributed by atoms with E-state index in [4.69, 9.17) is 21.1 Å². The summed E-state index contributed by atoms with van der Waals surface area (Å²) in [6, 6.07) is 12.0. The van der Waals surface area contributed by atoms with Crippen LogP contribution in [0.3, 0.4) is 0 Å². The molecule has 0 unspecified atom stereocenters. The fraction of sp³-hybridized carbons (Fsp3) is 0.304. The summed E-state index contributed by atoms with van der Waals surface area (Å²) < 4.78 is 38.7. The van der Waals surface area contributed by atoms with Gasteiger partial charge in [0.1, 0.15) is 27.5 Å². The molecule has 2 heterocycles. The topological polar surface area (TPSA) is 118 Å². The van der Waals surface area contributed by atoms with E-state index in [1.807, 2.05) is 18.2 Å². The SMILES string of the molecule is CNS(=O)(=O)c1ccccc1Nc1nc(Nc2ccc(O[C@H]3CCN(C)C3)cc2OC)ncc1Cl. The third kappa shape index (κ3) is 5.93. The minimum Gasteiger partial charge on any atom is -0.494 e. The molecular weight excluding hydrogens is 492 g/mol. The van der Waals surface area contributed by atoms with Crippen molar-refractivity contribution in [3.63, 3.8) is 0 Å². The zero-order valence-corrected chi connectivity index (χ0v) is 21.2. The number of aromatic nitrogens is 2. The third-order valence-electron chi connectivity index (χ3n) is 5.51. The number of nitrogens with zero attached hydrogens (tertiary/aromatic N) is 3. The van der Waals surface area contributed by atoms with Crippen molar-refractivity contribution in [2.75, 3.05) is 44.9 Å². The number of methoxy groups -OCH3 is 1. The normalized spacial score (nSPS) is 16.2. The number of benzene rings is 2. The molecule has 0 spiro atoms. The summed E-state index contributed by atoms with van der Waals surface area (Å²) in [5.74, 6) is 1.77. The van der Waals surface area contributed by atoms with Crippen LogP contribution in [0, 0.1) is 0 Å². The highest BCUT2D eigenvalue weighted by Crippen LogP contribution is 2.33. The van der Waals surface area contributed by atoms with Crippen LogP contribution in [-0.4, -0.2) is 63.7 Å². The number of halogens is 1. The Balaban J connectivity index is 1.55. The lowest BCUT2D eigenvalue weighted by atomic mass is 10.2. The summed E-state index contributed by atoms with van der Waals surface area (Å²) in [6.45, 7) is 1.90. The Labute approximate surface area is 209 Å². The largest absolute Gasteiger partial charge is 0.494 e. The molecule has 0 aliphatic carbocycles. The fourth-order valence-electron chi connectivity index (χ4n) is 3.71. The quantitative estimate of drug-likeness (QED) is 0.390. The molecule has 1 saturated heterocycles. The molecule has 0 bridgehead atoms. The number of anilines is 4. The molecule has 4 rings (SSSR count). The molecular formula is C23H27ClN6O4S. The predicted molar refractivity (Wildman–Crippen MR) is 136 cm³/mol. The van der Waals surface area contributed by atoms with Crippen LogP contribution in [0.4, 0.5) is 23.1 Å². The highest BCUT2D eigenvalue weighted by Gasteiger charge is 2.22. The van der Waals surface area contributed by atoms with Crippen molar-refractivity contribution in [3.8, 4) is 11.5 Å². The maximum Gasteiger partial charge on any atom is 0.242 e. The van der Waals surface area contributed by atoms with Crippen molar-refractivity contribution < 1.29 is 17.9 Å². The Morgan fingerprint density at radius 1 is 1.14 bits per heavy atom. The van der Waals surface area contributed by atoms with Crippen molar-refractivity contribution in [3.05, 3.63) is 53.7 Å². The summed E-state index contributed by atoms with van der Waals surface area (Å²) in [5, 5.41) is 6.34. The van der Waals surface area contributed by atoms with Crippen LogP contribution in [0.15, 0.2) is 53.6 Å². The first-order chi connectivity index (χ1) is 16.8. The molecule has 0 radical (unpaired) electrons. The molecule has 3 N–H and O–H groups in total. The zero-order valence-electron chi connectivity index (χ0n) is 19.6. The lowest BCUT2D eigenvalue weighted by molar-refractivity contribution is 0.207. The Bertz CT molecular complexity index is 1310. The second-order valence-electron chi connectivity index (χ2n) is 8.00. The number of likely N-dealkylation sites (N-methyl/N-ethyl adjacent to an activating group) is 1. The van der Waals surface area contributed by atoms with Crippen LogP contribution >= 0.6 is 11.6 Å². The number of nitrogens with one attached hydrogen (secondary N) is 3. The van der Waals surface area contributed by atoms with E-state index in [-0.39, 0.29) is 27.8 Å². The van der Waals surface area contributed by atoms with Gasteiger partial charge in [0.15, 0.2) is 5.82 Å². The molecule has 1 fully saturated rings. The van der Waals surface area contributed by atoms with E-state index >= 15 is 0 Å². The number of sulfonamides is 1. The average Bonchev–Trinajstić information content (AvgIpc) is 3.26. The van der Waals surface area contributed by atoms with Crippen LogP contribution in [0.25, 0.3) is 0 Å². The van der Waals surface area contributed by atoms with Gasteiger partial charge >= 0.3 is 0 Å². The standard InChI is InChI=1S/C23H27ClN6O4S/c1-25-35(31,32)21-7-5-4-6-19(21)27-22-17(24)13-26-23(29-22)28-18-9-8-15(12-20(18)33-3)34-16-10-11-30(2)14-16/h4-9,12-13,16,25H,10-11,14H2,1-3H3,(H2,26,27,28,29)/t16-/m0/s1. The average molecular weight is 519 g/mol. The van der Waals surface area contributed by atoms with Gasteiger partial charge < -0.3 is 25.0 Å². The first kappa shape index (κ1) is 25.0. The minimum atomic E-state index is -3.69. The smallest absolute Gasteiger partial charge is 0.242 e. The molecule has 1 aliphatic rings. The van der Waals surface area contributed by atoms with E-state index in [0.29, 0.717) is 17.1 Å². The van der Waals surface area contributed by atoms with Gasteiger partial charge in [-0.3, -0.25) is 0 Å². The lowest BCUT2D eigenvalue weighted by Gasteiger charge is -2.17. The Morgan fingerprint density at radius 2 is 1.94 bits per heavy atom. The van der Waals surface area contributed by atoms with Gasteiger partial charge in [0.2, 0.25) is 16.0 Å². The van der Waals surface area contributed by atoms with E-state index in [1.54, 1.807) is 25.3 Å². The summed E-state index contributed by atoms with van der Waals surface area (Å²) in [6.07, 6.45) is 2.55. The Morgan fingerprint density at radius 3 is 2.66 bits per heavy atom. The van der Waals surface area contributed by atoms with Crippen molar-refractivity contribution in [2.45, 2.75) is 17.4 Å². The summed E-state index contributed by atoms with van der Waals surface area (Å²) >= 11 is 6.30. The van der Waals surface area contributed by atoms with E-state index < -0.39 is 10.0 Å².